The number of nitrogens with zero attached hydrogens (tertiary/aromatic N) is 1. The summed E-state index contributed by atoms with van der Waals surface area (Å²) >= 11 is 0. The number of aliphatic hydroxyl groups is 1. The number of benzene rings is 1. The number of hydrogen-bond donors (Lipinski definition) is 1. The Labute approximate surface area is 76.5 Å². The van der Waals surface area contributed by atoms with Gasteiger partial charge < -0.3 is 9.84 Å². The van der Waals surface area contributed by atoms with E-state index in [-0.39, 0.29) is 5.57 Å². The molecular formula is C10H9NO2. The molecule has 0 aliphatic carbocycles. The van der Waals surface area contributed by atoms with Crippen molar-refractivity contribution in [3.05, 3.63) is 36.1 Å². The number of methoxy groups -OCH3 is 1. The molecule has 0 saturated carbocycles. The number of rotatable bonds is 2. The molecule has 0 bridgehead atoms. The van der Waals surface area contributed by atoms with Crippen LogP contribution in [0.15, 0.2) is 30.5 Å². The molecule has 0 aliphatic rings. The van der Waals surface area contributed by atoms with Gasteiger partial charge in [0, 0.05) is 0 Å². The summed E-state index contributed by atoms with van der Waals surface area (Å²) in [5.41, 5.74) is 0.864. The van der Waals surface area contributed by atoms with Crippen LogP contribution in [0.3, 0.4) is 0 Å². The number of allylic oxidation sites excluding steroid dienone is 1. The van der Waals surface area contributed by atoms with Crippen LogP contribution in [-0.4, -0.2) is 12.2 Å². The minimum atomic E-state index is 0.221. The molecule has 0 unspecified atom stereocenters. The van der Waals surface area contributed by atoms with Crippen molar-refractivity contribution in [3.8, 4) is 11.8 Å². The Hall–Kier alpha value is -1.95. The van der Waals surface area contributed by atoms with E-state index in [9.17, 15) is 0 Å². The lowest BCUT2D eigenvalue weighted by Gasteiger charge is -2.01. The molecule has 0 heterocycles. The van der Waals surface area contributed by atoms with Gasteiger partial charge >= 0.3 is 0 Å². The molecule has 66 valence electrons. The van der Waals surface area contributed by atoms with Crippen molar-refractivity contribution in [2.45, 2.75) is 0 Å². The average Bonchev–Trinajstić information content (AvgIpc) is 2.20. The minimum Gasteiger partial charge on any atom is -0.514 e. The Morgan fingerprint density at radius 1 is 1.62 bits per heavy atom. The third kappa shape index (κ3) is 2.00. The standard InChI is InChI=1S/C10H9NO2/c1-13-10-4-2-3-8(5-10)9(6-11)7-12/h2-5,7,12H,1H3/b9-7-. The van der Waals surface area contributed by atoms with Crippen molar-refractivity contribution in [1.82, 2.24) is 0 Å². The molecule has 0 aliphatic heterocycles. The van der Waals surface area contributed by atoms with Crippen molar-refractivity contribution in [2.75, 3.05) is 7.11 Å². The molecule has 1 N–H and O–H groups in total. The highest BCUT2D eigenvalue weighted by Crippen LogP contribution is 2.18. The first kappa shape index (κ1) is 9.14. The van der Waals surface area contributed by atoms with E-state index in [2.05, 4.69) is 0 Å². The van der Waals surface area contributed by atoms with Crippen LogP contribution in [0, 0.1) is 11.3 Å². The quantitative estimate of drug-likeness (QED) is 0.553. The van der Waals surface area contributed by atoms with Crippen LogP contribution in [0.5, 0.6) is 5.75 Å². The summed E-state index contributed by atoms with van der Waals surface area (Å²) in [5.74, 6) is 0.659. The molecule has 1 aromatic carbocycles. The Morgan fingerprint density at radius 2 is 2.38 bits per heavy atom. The fraction of sp³-hybridized carbons (Fsp3) is 0.100. The van der Waals surface area contributed by atoms with Gasteiger partial charge in [0.1, 0.15) is 11.8 Å². The SMILES string of the molecule is COc1cccc(/C(C#N)=C\O)c1. The normalized spacial score (nSPS) is 10.6. The first-order valence-electron chi connectivity index (χ1n) is 3.70. The lowest BCUT2D eigenvalue weighted by atomic mass is 10.1. The smallest absolute Gasteiger partial charge is 0.119 e. The third-order valence-corrected chi connectivity index (χ3v) is 1.63. The second-order valence-corrected chi connectivity index (χ2v) is 2.39. The molecule has 1 aromatic rings. The predicted octanol–water partition coefficient (Wildman–Crippen LogP) is 2.12. The van der Waals surface area contributed by atoms with Crippen molar-refractivity contribution < 1.29 is 9.84 Å². The summed E-state index contributed by atoms with van der Waals surface area (Å²) < 4.78 is 4.98. The lowest BCUT2D eigenvalue weighted by molar-refractivity contribution is 0.414. The number of aliphatic hydroxyl groups excluding tert-OH is 1. The monoisotopic (exact) mass is 175 g/mol. The van der Waals surface area contributed by atoms with Crippen LogP contribution in [0.2, 0.25) is 0 Å². The van der Waals surface area contributed by atoms with Crippen LogP contribution in [0.1, 0.15) is 5.56 Å². The Morgan fingerprint density at radius 3 is 2.92 bits per heavy atom. The van der Waals surface area contributed by atoms with E-state index in [0.717, 1.165) is 6.26 Å². The van der Waals surface area contributed by atoms with Gasteiger partial charge in [0.2, 0.25) is 0 Å². The maximum atomic E-state index is 8.72. The summed E-state index contributed by atoms with van der Waals surface area (Å²) in [6.45, 7) is 0. The molecule has 0 saturated heterocycles. The molecule has 0 radical (unpaired) electrons. The van der Waals surface area contributed by atoms with Gasteiger partial charge in [-0.1, -0.05) is 12.1 Å². The van der Waals surface area contributed by atoms with Gasteiger partial charge in [0.05, 0.1) is 18.9 Å². The van der Waals surface area contributed by atoms with Crippen molar-refractivity contribution in [3.63, 3.8) is 0 Å². The first-order valence-corrected chi connectivity index (χ1v) is 3.70. The van der Waals surface area contributed by atoms with Gasteiger partial charge in [0.15, 0.2) is 0 Å². The van der Waals surface area contributed by atoms with Crippen LogP contribution in [0.25, 0.3) is 5.57 Å². The maximum absolute atomic E-state index is 8.72. The molecule has 0 spiro atoms. The summed E-state index contributed by atoms with van der Waals surface area (Å²) in [6.07, 6.45) is 0.786. The minimum absolute atomic E-state index is 0.221. The van der Waals surface area contributed by atoms with Crippen LogP contribution < -0.4 is 4.74 Å². The molecule has 0 amide bonds. The fourth-order valence-electron chi connectivity index (χ4n) is 0.959. The van der Waals surface area contributed by atoms with E-state index in [1.165, 1.54) is 0 Å². The molecule has 3 nitrogen and oxygen atoms in total. The van der Waals surface area contributed by atoms with E-state index < -0.39 is 0 Å². The zero-order valence-corrected chi connectivity index (χ0v) is 7.19. The first-order chi connectivity index (χ1) is 6.31. The zero-order valence-electron chi connectivity index (χ0n) is 7.19. The summed E-state index contributed by atoms with van der Waals surface area (Å²) in [7, 11) is 1.55. The van der Waals surface area contributed by atoms with E-state index in [0.29, 0.717) is 11.3 Å². The Kier molecular flexibility index (Phi) is 2.93. The molecule has 0 fully saturated rings. The van der Waals surface area contributed by atoms with Gasteiger partial charge in [-0.3, -0.25) is 0 Å². The molecular weight excluding hydrogens is 166 g/mol. The van der Waals surface area contributed by atoms with Crippen molar-refractivity contribution >= 4 is 5.57 Å². The molecule has 0 atom stereocenters. The highest BCUT2D eigenvalue weighted by molar-refractivity contribution is 5.76. The van der Waals surface area contributed by atoms with Crippen molar-refractivity contribution in [1.29, 1.82) is 5.26 Å². The third-order valence-electron chi connectivity index (χ3n) is 1.63. The molecule has 0 aromatic heterocycles. The molecule has 13 heavy (non-hydrogen) atoms. The molecule has 3 heteroatoms. The Bertz CT molecular complexity index is 363. The number of ether oxygens (including phenoxy) is 1. The van der Waals surface area contributed by atoms with E-state index in [1.54, 1.807) is 31.4 Å². The van der Waals surface area contributed by atoms with Crippen molar-refractivity contribution in [2.24, 2.45) is 0 Å². The van der Waals surface area contributed by atoms with E-state index in [4.69, 9.17) is 15.1 Å². The topological polar surface area (TPSA) is 53.2 Å². The van der Waals surface area contributed by atoms with Gasteiger partial charge in [-0.25, -0.2) is 0 Å². The van der Waals surface area contributed by atoms with Gasteiger partial charge in [0.25, 0.3) is 0 Å². The Balaban J connectivity index is 3.10. The van der Waals surface area contributed by atoms with E-state index in [1.807, 2.05) is 6.07 Å². The lowest BCUT2D eigenvalue weighted by Crippen LogP contribution is -1.85. The predicted molar refractivity (Wildman–Crippen MR) is 49.2 cm³/mol. The highest BCUT2D eigenvalue weighted by Gasteiger charge is 2.00. The summed E-state index contributed by atoms with van der Waals surface area (Å²) in [6, 6.07) is 8.82. The number of hydrogen-bond acceptors (Lipinski definition) is 3. The largest absolute Gasteiger partial charge is 0.514 e. The molecule has 1 rings (SSSR count). The van der Waals surface area contributed by atoms with Crippen LogP contribution in [-0.2, 0) is 0 Å². The second-order valence-electron chi connectivity index (χ2n) is 2.39. The van der Waals surface area contributed by atoms with Gasteiger partial charge in [-0.2, -0.15) is 5.26 Å². The number of nitriles is 1. The van der Waals surface area contributed by atoms with E-state index >= 15 is 0 Å². The van der Waals surface area contributed by atoms with Crippen LogP contribution in [0.4, 0.5) is 0 Å². The van der Waals surface area contributed by atoms with Crippen LogP contribution >= 0.6 is 0 Å². The van der Waals surface area contributed by atoms with Gasteiger partial charge in [-0.15, -0.1) is 0 Å². The van der Waals surface area contributed by atoms with Gasteiger partial charge in [-0.05, 0) is 17.7 Å². The second kappa shape index (κ2) is 4.17. The fourth-order valence-corrected chi connectivity index (χ4v) is 0.959. The zero-order chi connectivity index (χ0) is 9.68. The average molecular weight is 175 g/mol. The maximum Gasteiger partial charge on any atom is 0.119 e. The summed E-state index contributed by atoms with van der Waals surface area (Å²) in [5, 5.41) is 17.3. The summed E-state index contributed by atoms with van der Waals surface area (Å²) in [4.78, 5) is 0. The highest BCUT2D eigenvalue weighted by atomic mass is 16.5.